The maximum absolute atomic E-state index is 12.7. The van der Waals surface area contributed by atoms with Crippen LogP contribution >= 0.6 is 0 Å². The van der Waals surface area contributed by atoms with E-state index in [-0.39, 0.29) is 11.5 Å². The highest BCUT2D eigenvalue weighted by Crippen LogP contribution is 2.36. The molecule has 0 aliphatic carbocycles. The first-order valence-electron chi connectivity index (χ1n) is 11.1. The average molecular weight is 411 g/mol. The predicted octanol–water partition coefficient (Wildman–Crippen LogP) is 2.64. The number of hydrogen-bond donors (Lipinski definition) is 1. The minimum Gasteiger partial charge on any atom is -0.476 e. The molecule has 0 radical (unpaired) electrons. The Kier molecular flexibility index (Phi) is 5.63. The van der Waals surface area contributed by atoms with Gasteiger partial charge in [0.25, 0.3) is 0 Å². The summed E-state index contributed by atoms with van der Waals surface area (Å²) in [7, 11) is 0. The van der Waals surface area contributed by atoms with Gasteiger partial charge in [0, 0.05) is 23.7 Å². The molecule has 0 bridgehead atoms. The van der Waals surface area contributed by atoms with Gasteiger partial charge in [-0.25, -0.2) is 0 Å². The lowest BCUT2D eigenvalue weighted by Crippen LogP contribution is -2.34. The molecule has 1 atom stereocenters. The molecule has 2 saturated heterocycles. The van der Waals surface area contributed by atoms with Crippen LogP contribution in [0, 0.1) is 6.92 Å². The van der Waals surface area contributed by atoms with Gasteiger partial charge in [-0.2, -0.15) is 0 Å². The quantitative estimate of drug-likeness (QED) is 0.840. The summed E-state index contributed by atoms with van der Waals surface area (Å²) in [5.41, 5.74) is 5.75. The Labute approximate surface area is 177 Å². The number of nitrogens with one attached hydrogen (secondary N) is 1. The third-order valence-electron chi connectivity index (χ3n) is 6.62. The summed E-state index contributed by atoms with van der Waals surface area (Å²) in [6.07, 6.45) is 3.25. The first-order valence-corrected chi connectivity index (χ1v) is 11.1. The van der Waals surface area contributed by atoms with Crippen LogP contribution in [0.5, 0.6) is 5.88 Å². The summed E-state index contributed by atoms with van der Waals surface area (Å²) in [5, 5.41) is 3.45. The number of ether oxygens (including phenoxy) is 3. The molecule has 6 heteroatoms. The average Bonchev–Trinajstić information content (AvgIpc) is 2.81. The molecular formula is C24H30N2O4. The second-order valence-electron chi connectivity index (χ2n) is 8.54. The number of nitrogens with zero attached hydrogens (tertiary/aromatic N) is 1. The molecular weight excluding hydrogens is 380 g/mol. The monoisotopic (exact) mass is 410 g/mol. The van der Waals surface area contributed by atoms with E-state index in [4.69, 9.17) is 14.2 Å². The fourth-order valence-electron chi connectivity index (χ4n) is 4.92. The normalized spacial score (nSPS) is 21.7. The van der Waals surface area contributed by atoms with Crippen molar-refractivity contribution in [1.29, 1.82) is 0 Å². The van der Waals surface area contributed by atoms with Crippen molar-refractivity contribution in [1.82, 2.24) is 9.88 Å². The highest BCUT2D eigenvalue weighted by atomic mass is 16.6. The highest BCUT2D eigenvalue weighted by molar-refractivity contribution is 5.70. The third-order valence-corrected chi connectivity index (χ3v) is 6.62. The molecule has 0 spiro atoms. The van der Waals surface area contributed by atoms with E-state index < -0.39 is 0 Å². The van der Waals surface area contributed by atoms with E-state index in [0.717, 1.165) is 42.9 Å². The van der Waals surface area contributed by atoms with Gasteiger partial charge in [0.05, 0.1) is 25.5 Å². The Bertz CT molecular complexity index is 972. The van der Waals surface area contributed by atoms with Crippen LogP contribution in [0.25, 0.3) is 11.3 Å². The van der Waals surface area contributed by atoms with Gasteiger partial charge in [-0.1, -0.05) is 18.2 Å². The van der Waals surface area contributed by atoms with Crippen molar-refractivity contribution >= 4 is 0 Å². The molecule has 0 amide bonds. The van der Waals surface area contributed by atoms with Gasteiger partial charge in [-0.05, 0) is 56.3 Å². The molecule has 3 aliphatic heterocycles. The molecule has 6 nitrogen and oxygen atoms in total. The molecule has 5 rings (SSSR count). The lowest BCUT2D eigenvalue weighted by atomic mass is 9.86. The topological polar surface area (TPSA) is 61.7 Å². The zero-order valence-corrected chi connectivity index (χ0v) is 17.6. The van der Waals surface area contributed by atoms with Crippen molar-refractivity contribution in [3.63, 3.8) is 0 Å². The zero-order chi connectivity index (χ0) is 20.5. The Balaban J connectivity index is 1.46. The van der Waals surface area contributed by atoms with Crippen molar-refractivity contribution < 1.29 is 14.2 Å². The van der Waals surface area contributed by atoms with Gasteiger partial charge >= 0.3 is 0 Å². The Hall–Kier alpha value is -2.15. The summed E-state index contributed by atoms with van der Waals surface area (Å²) >= 11 is 0. The summed E-state index contributed by atoms with van der Waals surface area (Å²) in [4.78, 5) is 12.7. The van der Waals surface area contributed by atoms with Crippen molar-refractivity contribution in [2.24, 2.45) is 0 Å². The highest BCUT2D eigenvalue weighted by Gasteiger charge is 2.25. The molecule has 160 valence electrons. The Morgan fingerprint density at radius 2 is 2.07 bits per heavy atom. The number of piperidine rings is 1. The fourth-order valence-corrected chi connectivity index (χ4v) is 4.92. The summed E-state index contributed by atoms with van der Waals surface area (Å²) in [5.74, 6) is 1.26. The molecule has 1 aromatic heterocycles. The van der Waals surface area contributed by atoms with Crippen LogP contribution in [0.4, 0.5) is 0 Å². The van der Waals surface area contributed by atoms with Gasteiger partial charge in [-0.3, -0.25) is 4.79 Å². The summed E-state index contributed by atoms with van der Waals surface area (Å²) in [6, 6.07) is 8.47. The smallest absolute Gasteiger partial charge is 0.197 e. The van der Waals surface area contributed by atoms with Crippen LogP contribution in [-0.4, -0.2) is 50.2 Å². The number of benzene rings is 1. The second kappa shape index (κ2) is 8.53. The van der Waals surface area contributed by atoms with Crippen LogP contribution in [0.15, 0.2) is 29.1 Å². The van der Waals surface area contributed by atoms with E-state index in [2.05, 4.69) is 28.1 Å². The lowest BCUT2D eigenvalue weighted by molar-refractivity contribution is -0.102. The Morgan fingerprint density at radius 1 is 1.20 bits per heavy atom. The molecule has 1 N–H and O–H groups in total. The fraction of sp³-hybridized carbons (Fsp3) is 0.542. The maximum Gasteiger partial charge on any atom is 0.197 e. The number of rotatable bonds is 4. The summed E-state index contributed by atoms with van der Waals surface area (Å²) < 4.78 is 19.4. The number of aryl methyl sites for hydroxylation is 1. The maximum atomic E-state index is 12.7. The zero-order valence-electron chi connectivity index (χ0n) is 17.6. The number of fused-ring (bicyclic) bond motifs is 3. The van der Waals surface area contributed by atoms with Gasteiger partial charge < -0.3 is 24.1 Å². The van der Waals surface area contributed by atoms with Gasteiger partial charge in [-0.15, -0.1) is 0 Å². The molecule has 0 saturated carbocycles. The predicted molar refractivity (Wildman–Crippen MR) is 115 cm³/mol. The van der Waals surface area contributed by atoms with Crippen molar-refractivity contribution in [3.05, 3.63) is 51.2 Å². The SMILES string of the molecule is Cc1c2n(c(OC[C@@H]3COCCO3)cc1=O)CCc1cc(C3CCNCC3)ccc1-2. The standard InChI is InChI=1S/C24H30N2O4/c1-16-22(27)13-23(30-15-20-14-28-10-11-29-20)26-9-6-19-12-18(2-3-21(19)24(16)26)17-4-7-25-8-5-17/h2-3,12-13,17,20,25H,4-11,14-15H2,1H3/t20-/m0/s1. The number of hydrogen-bond acceptors (Lipinski definition) is 5. The third kappa shape index (κ3) is 3.80. The first-order chi connectivity index (χ1) is 14.7. The molecule has 30 heavy (non-hydrogen) atoms. The molecule has 1 aromatic carbocycles. The number of aromatic nitrogens is 1. The van der Waals surface area contributed by atoms with E-state index in [1.54, 1.807) is 6.07 Å². The van der Waals surface area contributed by atoms with Crippen molar-refractivity contribution in [3.8, 4) is 17.1 Å². The van der Waals surface area contributed by atoms with Crippen molar-refractivity contribution in [2.75, 3.05) is 39.5 Å². The first kappa shape index (κ1) is 19.8. The van der Waals surface area contributed by atoms with Gasteiger partial charge in [0.2, 0.25) is 0 Å². The molecule has 4 heterocycles. The Morgan fingerprint density at radius 3 is 2.87 bits per heavy atom. The minimum atomic E-state index is -0.0881. The van der Waals surface area contributed by atoms with E-state index in [0.29, 0.717) is 38.2 Å². The second-order valence-corrected chi connectivity index (χ2v) is 8.54. The van der Waals surface area contributed by atoms with Crippen LogP contribution in [-0.2, 0) is 22.4 Å². The van der Waals surface area contributed by atoms with Crippen LogP contribution in [0.2, 0.25) is 0 Å². The van der Waals surface area contributed by atoms with Crippen LogP contribution < -0.4 is 15.5 Å². The minimum absolute atomic E-state index is 0.0207. The van der Waals surface area contributed by atoms with E-state index in [1.165, 1.54) is 24.0 Å². The molecule has 0 unspecified atom stereocenters. The molecule has 3 aliphatic rings. The number of pyridine rings is 1. The van der Waals surface area contributed by atoms with Gasteiger partial charge in [0.1, 0.15) is 12.7 Å². The molecule has 2 aromatic rings. The summed E-state index contributed by atoms with van der Waals surface area (Å²) in [6.45, 7) is 7.07. The lowest BCUT2D eigenvalue weighted by Gasteiger charge is -2.29. The van der Waals surface area contributed by atoms with Crippen molar-refractivity contribution in [2.45, 2.75) is 44.8 Å². The molecule has 2 fully saturated rings. The van der Waals surface area contributed by atoms with Crippen LogP contribution in [0.3, 0.4) is 0 Å². The van der Waals surface area contributed by atoms with Gasteiger partial charge in [0.15, 0.2) is 11.3 Å². The van der Waals surface area contributed by atoms with E-state index in [1.807, 2.05) is 6.92 Å². The van der Waals surface area contributed by atoms with Crippen LogP contribution in [0.1, 0.15) is 35.4 Å². The largest absolute Gasteiger partial charge is 0.476 e. The van der Waals surface area contributed by atoms with E-state index in [9.17, 15) is 4.79 Å². The van der Waals surface area contributed by atoms with E-state index >= 15 is 0 Å².